The molecule has 2 unspecified atom stereocenters. The number of imidazole rings is 1. The minimum Gasteiger partial charge on any atom is -0.392 e. The number of amides is 2. The lowest BCUT2D eigenvalue weighted by Gasteiger charge is -2.12. The van der Waals surface area contributed by atoms with Crippen LogP contribution in [0.1, 0.15) is 28.9 Å². The van der Waals surface area contributed by atoms with E-state index in [1.54, 1.807) is 6.07 Å². The number of fused-ring (bicyclic) bond motifs is 1. The first-order chi connectivity index (χ1) is 19.6. The van der Waals surface area contributed by atoms with Crippen LogP contribution in [-0.2, 0) is 11.0 Å². The fourth-order valence-corrected chi connectivity index (χ4v) is 4.72. The molecule has 0 saturated carbocycles. The van der Waals surface area contributed by atoms with Gasteiger partial charge in [0, 0.05) is 37.7 Å². The van der Waals surface area contributed by atoms with Crippen molar-refractivity contribution in [3.63, 3.8) is 0 Å². The Bertz CT molecular complexity index is 1570. The van der Waals surface area contributed by atoms with E-state index in [1.807, 2.05) is 5.10 Å². The number of β-amino-alcohol motifs (C(OH)–C–C–N with tert-alkyl or cyclic N) is 1. The number of rotatable bonds is 9. The number of benzene rings is 1. The molecule has 1 fully saturated rings. The SMILES string of the molecule is O=C(NCCCNC(=O)C1CC(O)CN1)c1ccc(Nc2nccn3c(-c4cn[nH]c4C(F)(F)F)cnc23)cc1Cl. The van der Waals surface area contributed by atoms with Gasteiger partial charge in [0.1, 0.15) is 5.69 Å². The van der Waals surface area contributed by atoms with Crippen LogP contribution in [0.4, 0.5) is 24.7 Å². The van der Waals surface area contributed by atoms with Gasteiger partial charge < -0.3 is 26.4 Å². The van der Waals surface area contributed by atoms with Crippen LogP contribution in [-0.4, -0.2) is 73.3 Å². The lowest BCUT2D eigenvalue weighted by atomic mass is 10.2. The lowest BCUT2D eigenvalue weighted by Crippen LogP contribution is -2.41. The molecule has 2 atom stereocenters. The fourth-order valence-electron chi connectivity index (χ4n) is 4.45. The zero-order chi connectivity index (χ0) is 29.1. The smallest absolute Gasteiger partial charge is 0.392 e. The van der Waals surface area contributed by atoms with E-state index in [2.05, 4.69) is 36.3 Å². The number of H-pyrrole nitrogens is 1. The van der Waals surface area contributed by atoms with Crippen LogP contribution < -0.4 is 21.3 Å². The normalized spacial score (nSPS) is 17.1. The van der Waals surface area contributed by atoms with Crippen molar-refractivity contribution < 1.29 is 27.9 Å². The number of aromatic amines is 1. The van der Waals surface area contributed by atoms with Crippen LogP contribution in [0.3, 0.4) is 0 Å². The van der Waals surface area contributed by atoms with Gasteiger partial charge in [-0.05, 0) is 31.0 Å². The molecule has 6 N–H and O–H groups in total. The van der Waals surface area contributed by atoms with Crippen LogP contribution in [0.5, 0.6) is 0 Å². The third kappa shape index (κ3) is 6.26. The van der Waals surface area contributed by atoms with Crippen molar-refractivity contribution in [3.05, 3.63) is 59.3 Å². The predicted octanol–water partition coefficient (Wildman–Crippen LogP) is 2.49. The van der Waals surface area contributed by atoms with Crippen molar-refractivity contribution in [2.75, 3.05) is 25.0 Å². The average Bonchev–Trinajstić information content (AvgIpc) is 3.68. The maximum absolute atomic E-state index is 13.4. The highest BCUT2D eigenvalue weighted by Gasteiger charge is 2.36. The van der Waals surface area contributed by atoms with E-state index in [4.69, 9.17) is 11.6 Å². The summed E-state index contributed by atoms with van der Waals surface area (Å²) in [5.41, 5.74) is 0.00210. The number of aliphatic hydroxyl groups is 1. The van der Waals surface area contributed by atoms with Crippen LogP contribution >= 0.6 is 11.6 Å². The second kappa shape index (κ2) is 11.7. The molecule has 5 rings (SSSR count). The van der Waals surface area contributed by atoms with E-state index < -0.39 is 29.9 Å². The quantitative estimate of drug-likeness (QED) is 0.162. The Morgan fingerprint density at radius 1 is 1.17 bits per heavy atom. The highest BCUT2D eigenvalue weighted by Crippen LogP contribution is 2.36. The zero-order valence-electron chi connectivity index (χ0n) is 21.3. The van der Waals surface area contributed by atoms with Gasteiger partial charge in [0.05, 0.1) is 46.4 Å². The molecule has 4 aromatic rings. The topological polar surface area (TPSA) is 161 Å². The summed E-state index contributed by atoms with van der Waals surface area (Å²) in [6.07, 6.45) is 0.990. The van der Waals surface area contributed by atoms with Gasteiger partial charge in [-0.2, -0.15) is 18.3 Å². The summed E-state index contributed by atoms with van der Waals surface area (Å²) in [6.45, 7) is 1.05. The fraction of sp³-hybridized carbons (Fsp3) is 0.320. The molecule has 1 aliphatic rings. The molecule has 0 bridgehead atoms. The number of hydrogen-bond donors (Lipinski definition) is 6. The van der Waals surface area contributed by atoms with Gasteiger partial charge in [-0.25, -0.2) is 9.97 Å². The van der Waals surface area contributed by atoms with Crippen LogP contribution in [0.15, 0.2) is 43.0 Å². The van der Waals surface area contributed by atoms with E-state index >= 15 is 0 Å². The maximum Gasteiger partial charge on any atom is 0.433 e. The number of nitrogens with one attached hydrogen (secondary N) is 5. The van der Waals surface area contributed by atoms with Gasteiger partial charge in [-0.3, -0.25) is 19.1 Å². The molecule has 12 nitrogen and oxygen atoms in total. The first kappa shape index (κ1) is 28.3. The third-order valence-corrected chi connectivity index (χ3v) is 6.78. The Morgan fingerprint density at radius 3 is 2.71 bits per heavy atom. The highest BCUT2D eigenvalue weighted by atomic mass is 35.5. The number of aromatic nitrogens is 5. The number of anilines is 2. The molecule has 0 radical (unpaired) electrons. The average molecular weight is 592 g/mol. The van der Waals surface area contributed by atoms with Crippen LogP contribution in [0.2, 0.25) is 5.02 Å². The van der Waals surface area contributed by atoms with Crippen molar-refractivity contribution in [3.8, 4) is 11.3 Å². The number of aliphatic hydroxyl groups excluding tert-OH is 1. The molecule has 2 amide bonds. The minimum atomic E-state index is -4.62. The Hall–Kier alpha value is -4.21. The van der Waals surface area contributed by atoms with Crippen molar-refractivity contribution in [1.29, 1.82) is 0 Å². The number of carbonyl (C=O) groups is 2. The molecule has 0 spiro atoms. The van der Waals surface area contributed by atoms with E-state index in [-0.39, 0.29) is 39.2 Å². The zero-order valence-corrected chi connectivity index (χ0v) is 22.1. The summed E-state index contributed by atoms with van der Waals surface area (Å²) in [4.78, 5) is 33.1. The summed E-state index contributed by atoms with van der Waals surface area (Å²) < 4.78 is 41.6. The van der Waals surface area contributed by atoms with Crippen LogP contribution in [0.25, 0.3) is 16.9 Å². The van der Waals surface area contributed by atoms with Gasteiger partial charge in [-0.15, -0.1) is 0 Å². The first-order valence-corrected chi connectivity index (χ1v) is 13.0. The van der Waals surface area contributed by atoms with Gasteiger partial charge in [-0.1, -0.05) is 11.6 Å². The van der Waals surface area contributed by atoms with E-state index in [0.29, 0.717) is 38.2 Å². The molecule has 3 aromatic heterocycles. The molecule has 0 aliphatic carbocycles. The summed E-state index contributed by atoms with van der Waals surface area (Å²) >= 11 is 6.36. The second-order valence-corrected chi connectivity index (χ2v) is 9.75. The number of nitrogens with zero attached hydrogens (tertiary/aromatic N) is 4. The summed E-state index contributed by atoms with van der Waals surface area (Å²) in [5, 5.41) is 26.7. The molecule has 16 heteroatoms. The van der Waals surface area contributed by atoms with E-state index in [9.17, 15) is 27.9 Å². The van der Waals surface area contributed by atoms with E-state index in [0.717, 1.165) is 6.20 Å². The molecule has 216 valence electrons. The monoisotopic (exact) mass is 591 g/mol. The summed E-state index contributed by atoms with van der Waals surface area (Å²) in [6, 6.07) is 4.24. The Morgan fingerprint density at radius 2 is 1.98 bits per heavy atom. The molecule has 1 saturated heterocycles. The second-order valence-electron chi connectivity index (χ2n) is 9.34. The maximum atomic E-state index is 13.4. The number of hydrogen-bond acceptors (Lipinski definition) is 8. The van der Waals surface area contributed by atoms with Crippen molar-refractivity contribution in [2.45, 2.75) is 31.2 Å². The summed E-state index contributed by atoms with van der Waals surface area (Å²) in [5.74, 6) is -0.330. The summed E-state index contributed by atoms with van der Waals surface area (Å²) in [7, 11) is 0. The number of halogens is 4. The molecule has 41 heavy (non-hydrogen) atoms. The number of carbonyl (C=O) groups excluding carboxylic acids is 2. The minimum absolute atomic E-state index is 0.159. The van der Waals surface area contributed by atoms with Gasteiger partial charge in [0.2, 0.25) is 5.91 Å². The molecule has 1 aromatic carbocycles. The van der Waals surface area contributed by atoms with Crippen molar-refractivity contribution >= 4 is 40.6 Å². The Labute approximate surface area is 235 Å². The molecule has 4 heterocycles. The van der Waals surface area contributed by atoms with Gasteiger partial charge >= 0.3 is 6.18 Å². The van der Waals surface area contributed by atoms with E-state index in [1.165, 1.54) is 35.1 Å². The highest BCUT2D eigenvalue weighted by molar-refractivity contribution is 6.34. The Kier molecular flexibility index (Phi) is 8.10. The predicted molar refractivity (Wildman–Crippen MR) is 143 cm³/mol. The molecular formula is C25H25ClF3N9O3. The Balaban J connectivity index is 1.20. The third-order valence-electron chi connectivity index (χ3n) is 6.47. The number of alkyl halides is 3. The molecule has 1 aliphatic heterocycles. The molecular weight excluding hydrogens is 567 g/mol. The van der Waals surface area contributed by atoms with Crippen molar-refractivity contribution in [1.82, 2.24) is 40.5 Å². The lowest BCUT2D eigenvalue weighted by molar-refractivity contribution is -0.140. The first-order valence-electron chi connectivity index (χ1n) is 12.6. The largest absolute Gasteiger partial charge is 0.433 e. The van der Waals surface area contributed by atoms with Gasteiger partial charge in [0.15, 0.2) is 11.5 Å². The van der Waals surface area contributed by atoms with Crippen molar-refractivity contribution in [2.24, 2.45) is 0 Å². The standard InChI is InChI=1S/C25H25ClF3N9O3/c26-17-8-13(2-3-15(17)23(40)31-4-1-5-32-24(41)18-9-14(39)10-33-18)36-21-22-34-12-19(38(22)7-6-30-21)16-11-35-37-20(16)25(27,28)29/h2-3,6-8,11-12,14,18,33,39H,1,4-5,9-10H2,(H,30,36)(H,31,40)(H,32,41)(H,35,37). The van der Waals surface area contributed by atoms with Gasteiger partial charge in [0.25, 0.3) is 5.91 Å². The van der Waals surface area contributed by atoms with Crippen LogP contribution in [0, 0.1) is 0 Å².